The van der Waals surface area contributed by atoms with E-state index in [1.54, 1.807) is 30.5 Å². The molecule has 0 unspecified atom stereocenters. The maximum atomic E-state index is 12.3. The predicted octanol–water partition coefficient (Wildman–Crippen LogP) is 2.48. The second-order valence-electron chi connectivity index (χ2n) is 4.92. The highest BCUT2D eigenvalue weighted by atomic mass is 16.2. The molecule has 1 aromatic carbocycles. The van der Waals surface area contributed by atoms with E-state index in [1.807, 2.05) is 25.1 Å². The standard InChI is InChI=1S/C16H14N2O2/c1-11(14-8-4-5-9-17-14)10-18-15(19)12-6-2-3-7-13(12)16(18)20/h2-9,11H,10H2,1H3/t11-/m0/s1. The van der Waals surface area contributed by atoms with Gasteiger partial charge >= 0.3 is 0 Å². The number of carbonyl (C=O) groups is 2. The van der Waals surface area contributed by atoms with Crippen LogP contribution in [0.1, 0.15) is 39.3 Å². The molecule has 2 amide bonds. The Balaban J connectivity index is 1.84. The lowest BCUT2D eigenvalue weighted by Crippen LogP contribution is -2.33. The first-order valence-electron chi connectivity index (χ1n) is 6.54. The number of amides is 2. The Labute approximate surface area is 117 Å². The van der Waals surface area contributed by atoms with Crippen molar-refractivity contribution < 1.29 is 9.59 Å². The highest BCUT2D eigenvalue weighted by molar-refractivity contribution is 6.21. The molecule has 0 bridgehead atoms. The van der Waals surface area contributed by atoms with Crippen LogP contribution in [0.2, 0.25) is 0 Å². The SMILES string of the molecule is C[C@@H](CN1C(=O)c2ccccc2C1=O)c1ccccn1. The van der Waals surface area contributed by atoms with Gasteiger partial charge < -0.3 is 0 Å². The monoisotopic (exact) mass is 266 g/mol. The summed E-state index contributed by atoms with van der Waals surface area (Å²) in [5.74, 6) is -0.417. The predicted molar refractivity (Wildman–Crippen MR) is 74.5 cm³/mol. The lowest BCUT2D eigenvalue weighted by Gasteiger charge is -2.18. The van der Waals surface area contributed by atoms with Crippen LogP contribution in [0.3, 0.4) is 0 Å². The number of fused-ring (bicyclic) bond motifs is 1. The second kappa shape index (κ2) is 4.89. The van der Waals surface area contributed by atoms with Crippen molar-refractivity contribution in [1.82, 2.24) is 9.88 Å². The molecule has 3 rings (SSSR count). The van der Waals surface area contributed by atoms with Crippen molar-refractivity contribution in [3.05, 3.63) is 65.5 Å². The van der Waals surface area contributed by atoms with Gasteiger partial charge in [-0.15, -0.1) is 0 Å². The van der Waals surface area contributed by atoms with Gasteiger partial charge in [-0.1, -0.05) is 25.1 Å². The largest absolute Gasteiger partial charge is 0.274 e. The summed E-state index contributed by atoms with van der Waals surface area (Å²) < 4.78 is 0. The summed E-state index contributed by atoms with van der Waals surface area (Å²) in [4.78, 5) is 30.1. The van der Waals surface area contributed by atoms with E-state index in [-0.39, 0.29) is 17.7 Å². The molecular weight excluding hydrogens is 252 g/mol. The molecule has 100 valence electrons. The lowest BCUT2D eigenvalue weighted by atomic mass is 10.1. The van der Waals surface area contributed by atoms with Crippen LogP contribution in [0.15, 0.2) is 48.7 Å². The Morgan fingerprint density at radius 3 is 2.15 bits per heavy atom. The molecule has 20 heavy (non-hydrogen) atoms. The molecule has 0 fully saturated rings. The van der Waals surface area contributed by atoms with Gasteiger partial charge in [0, 0.05) is 24.4 Å². The third-order valence-electron chi connectivity index (χ3n) is 3.53. The molecule has 0 radical (unpaired) electrons. The lowest BCUT2D eigenvalue weighted by molar-refractivity contribution is 0.0646. The zero-order valence-corrected chi connectivity index (χ0v) is 11.1. The summed E-state index contributed by atoms with van der Waals surface area (Å²) in [6.07, 6.45) is 1.72. The molecule has 0 spiro atoms. The van der Waals surface area contributed by atoms with E-state index >= 15 is 0 Å². The first-order valence-corrected chi connectivity index (χ1v) is 6.54. The number of pyridine rings is 1. The van der Waals surface area contributed by atoms with Crippen molar-refractivity contribution in [2.75, 3.05) is 6.54 Å². The molecule has 0 aliphatic carbocycles. The fourth-order valence-corrected chi connectivity index (χ4v) is 2.44. The minimum absolute atomic E-state index is 0.0124. The Hall–Kier alpha value is -2.49. The van der Waals surface area contributed by atoms with Gasteiger partial charge in [0.2, 0.25) is 0 Å². The number of hydrogen-bond donors (Lipinski definition) is 0. The van der Waals surface area contributed by atoms with E-state index in [4.69, 9.17) is 0 Å². The molecule has 1 aliphatic heterocycles. The Bertz CT molecular complexity index is 632. The summed E-state index contributed by atoms with van der Waals surface area (Å²) in [5, 5.41) is 0. The van der Waals surface area contributed by atoms with E-state index in [9.17, 15) is 9.59 Å². The fourth-order valence-electron chi connectivity index (χ4n) is 2.44. The molecule has 2 heterocycles. The van der Waals surface area contributed by atoms with Crippen LogP contribution in [0.4, 0.5) is 0 Å². The van der Waals surface area contributed by atoms with Crippen LogP contribution >= 0.6 is 0 Å². The van der Waals surface area contributed by atoms with Gasteiger partial charge in [0.25, 0.3) is 11.8 Å². The number of aromatic nitrogens is 1. The van der Waals surface area contributed by atoms with Crippen molar-refractivity contribution in [3.63, 3.8) is 0 Å². The van der Waals surface area contributed by atoms with Crippen LogP contribution in [-0.4, -0.2) is 28.2 Å². The van der Waals surface area contributed by atoms with Crippen LogP contribution in [-0.2, 0) is 0 Å². The van der Waals surface area contributed by atoms with E-state index in [1.165, 1.54) is 4.90 Å². The van der Waals surface area contributed by atoms with Crippen LogP contribution in [0.25, 0.3) is 0 Å². The topological polar surface area (TPSA) is 50.3 Å². The number of nitrogens with zero attached hydrogens (tertiary/aromatic N) is 2. The average molecular weight is 266 g/mol. The number of benzene rings is 1. The molecule has 0 saturated heterocycles. The Kier molecular flexibility index (Phi) is 3.06. The fraction of sp³-hybridized carbons (Fsp3) is 0.188. The van der Waals surface area contributed by atoms with Crippen molar-refractivity contribution in [1.29, 1.82) is 0 Å². The summed E-state index contributed by atoms with van der Waals surface area (Å²) in [5.41, 5.74) is 1.86. The number of hydrogen-bond acceptors (Lipinski definition) is 3. The van der Waals surface area contributed by atoms with Crippen molar-refractivity contribution in [2.24, 2.45) is 0 Å². The third kappa shape index (κ3) is 1.99. The molecule has 4 heteroatoms. The second-order valence-corrected chi connectivity index (χ2v) is 4.92. The smallest absolute Gasteiger partial charge is 0.261 e. The van der Waals surface area contributed by atoms with E-state index in [0.29, 0.717) is 17.7 Å². The Morgan fingerprint density at radius 2 is 1.60 bits per heavy atom. The van der Waals surface area contributed by atoms with E-state index < -0.39 is 0 Å². The minimum atomic E-state index is -0.214. The molecular formula is C16H14N2O2. The first kappa shape index (κ1) is 12.5. The summed E-state index contributed by atoms with van der Waals surface area (Å²) in [7, 11) is 0. The number of imide groups is 1. The molecule has 4 nitrogen and oxygen atoms in total. The normalized spacial score (nSPS) is 15.3. The van der Waals surface area contributed by atoms with Gasteiger partial charge in [0.1, 0.15) is 0 Å². The first-order chi connectivity index (χ1) is 9.68. The zero-order valence-electron chi connectivity index (χ0n) is 11.1. The van der Waals surface area contributed by atoms with Gasteiger partial charge in [-0.05, 0) is 24.3 Å². The van der Waals surface area contributed by atoms with Gasteiger partial charge in [0.05, 0.1) is 11.1 Å². The summed E-state index contributed by atoms with van der Waals surface area (Å²) >= 11 is 0. The molecule has 1 atom stereocenters. The number of rotatable bonds is 3. The van der Waals surface area contributed by atoms with Crippen LogP contribution in [0, 0.1) is 0 Å². The maximum Gasteiger partial charge on any atom is 0.261 e. The van der Waals surface area contributed by atoms with E-state index in [0.717, 1.165) is 5.69 Å². The molecule has 1 aliphatic rings. The zero-order chi connectivity index (χ0) is 14.1. The summed E-state index contributed by atoms with van der Waals surface area (Å²) in [6, 6.07) is 12.6. The third-order valence-corrected chi connectivity index (χ3v) is 3.53. The van der Waals surface area contributed by atoms with Gasteiger partial charge in [-0.25, -0.2) is 0 Å². The van der Waals surface area contributed by atoms with Gasteiger partial charge in [0.15, 0.2) is 0 Å². The van der Waals surface area contributed by atoms with Gasteiger partial charge in [-0.3, -0.25) is 19.5 Å². The van der Waals surface area contributed by atoms with Crippen LogP contribution in [0.5, 0.6) is 0 Å². The molecule has 0 saturated carbocycles. The highest BCUT2D eigenvalue weighted by Crippen LogP contribution is 2.25. The molecule has 0 N–H and O–H groups in total. The average Bonchev–Trinajstić information content (AvgIpc) is 2.74. The Morgan fingerprint density at radius 1 is 1.00 bits per heavy atom. The highest BCUT2D eigenvalue weighted by Gasteiger charge is 2.35. The maximum absolute atomic E-state index is 12.3. The van der Waals surface area contributed by atoms with Crippen molar-refractivity contribution in [2.45, 2.75) is 12.8 Å². The quantitative estimate of drug-likeness (QED) is 0.802. The van der Waals surface area contributed by atoms with E-state index in [2.05, 4.69) is 4.98 Å². The van der Waals surface area contributed by atoms with Crippen molar-refractivity contribution >= 4 is 11.8 Å². The van der Waals surface area contributed by atoms with Crippen LogP contribution < -0.4 is 0 Å². The van der Waals surface area contributed by atoms with Gasteiger partial charge in [-0.2, -0.15) is 0 Å². The number of carbonyl (C=O) groups excluding carboxylic acids is 2. The molecule has 1 aromatic heterocycles. The van der Waals surface area contributed by atoms with Crippen molar-refractivity contribution in [3.8, 4) is 0 Å². The summed E-state index contributed by atoms with van der Waals surface area (Å²) in [6.45, 7) is 2.31. The minimum Gasteiger partial charge on any atom is -0.274 e. The molecule has 2 aromatic rings.